The van der Waals surface area contributed by atoms with Gasteiger partial charge in [0.1, 0.15) is 47.5 Å². The number of aliphatic hydroxyl groups is 3. The van der Waals surface area contributed by atoms with E-state index in [1.54, 1.807) is 112 Å². The first-order chi connectivity index (χ1) is 57.5. The second-order valence-corrected chi connectivity index (χ2v) is 31.1. The number of aliphatic hydroxyl groups excluding tert-OH is 3. The SMILES string of the molecule is CC(C)CC1C(=O)N[C@H](C)[C@H](NC(=O)c2ncccc2O)C(=O)N[C@@H](Cc2cccnc2)[C@@H](O)[C@@H](C)C(=O)N1C.CC(C)CC1NC(=O)[C@H](C)[C@H](O)[C@H](Cc2cccnc2)NC(=O)[C@@H](NC(=O)c2ncccc2O)[C@@H](C)NC1=O.C[C@H]1NC(=O)C(Cc2ccccc2)OC(=O)[C@H](C)[C@H](O)[C@H](Cc2cccnc2)NC(=O)[C@H]1NC(=O)c1ncccc1O. The van der Waals surface area contributed by atoms with Crippen LogP contribution >= 0.6 is 0 Å². The lowest BCUT2D eigenvalue weighted by Gasteiger charge is -2.37. The molecule has 121 heavy (non-hydrogen) atoms. The monoisotopic (exact) mass is 1670 g/mol. The second-order valence-electron chi connectivity index (χ2n) is 31.1. The van der Waals surface area contributed by atoms with E-state index in [0.717, 1.165) is 5.56 Å². The Balaban J connectivity index is 0.000000226. The molecule has 0 spiro atoms. The van der Waals surface area contributed by atoms with Crippen molar-refractivity contribution >= 4 is 70.9 Å². The van der Waals surface area contributed by atoms with Crippen LogP contribution in [0.1, 0.15) is 136 Å². The summed E-state index contributed by atoms with van der Waals surface area (Å²) < 4.78 is 5.63. The molecule has 9 heterocycles. The highest BCUT2D eigenvalue weighted by Crippen LogP contribution is 2.25. The molecule has 0 bridgehead atoms. The molecule has 3 unspecified atom stereocenters. The largest absolute Gasteiger partial charge is 0.505 e. The van der Waals surface area contributed by atoms with Gasteiger partial charge < -0.3 is 93.4 Å². The van der Waals surface area contributed by atoms with Gasteiger partial charge in [0.15, 0.2) is 23.2 Å². The van der Waals surface area contributed by atoms with Gasteiger partial charge in [-0.1, -0.05) is 90.1 Å². The predicted octanol–water partition coefficient (Wildman–Crippen LogP) is 1.13. The number of carbonyl (C=O) groups excluding carboxylic acids is 12. The van der Waals surface area contributed by atoms with Crippen LogP contribution in [-0.2, 0) is 73.6 Å². The van der Waals surface area contributed by atoms with Gasteiger partial charge in [0, 0.05) is 69.2 Å². The van der Waals surface area contributed by atoms with E-state index in [1.165, 1.54) is 94.6 Å². The first-order valence-electron chi connectivity index (χ1n) is 39.7. The van der Waals surface area contributed by atoms with Crippen molar-refractivity contribution in [1.82, 2.24) is 88.0 Å². The highest BCUT2D eigenvalue weighted by Gasteiger charge is 2.44. The van der Waals surface area contributed by atoms with E-state index in [2.05, 4.69) is 83.1 Å². The summed E-state index contributed by atoms with van der Waals surface area (Å²) in [5.41, 5.74) is 1.93. The first-order valence-corrected chi connectivity index (χ1v) is 39.7. The zero-order chi connectivity index (χ0) is 88.5. The Kier molecular flexibility index (Phi) is 34.2. The minimum absolute atomic E-state index is 0.0398. The molecule has 0 aliphatic carbocycles. The zero-order valence-corrected chi connectivity index (χ0v) is 68.9. The van der Waals surface area contributed by atoms with Gasteiger partial charge in [-0.25, -0.2) is 15.0 Å². The summed E-state index contributed by atoms with van der Waals surface area (Å²) in [6, 6.07) is 16.0. The van der Waals surface area contributed by atoms with E-state index in [-0.39, 0.29) is 66.1 Å². The summed E-state index contributed by atoms with van der Waals surface area (Å²) in [5, 5.41) is 91.0. The number of aromatic nitrogens is 6. The van der Waals surface area contributed by atoms with Crippen LogP contribution in [0.5, 0.6) is 17.2 Å². The Bertz CT molecular complexity index is 4720. The normalized spacial score (nSPS) is 26.0. The Morgan fingerprint density at radius 1 is 0.405 bits per heavy atom. The van der Waals surface area contributed by atoms with Crippen LogP contribution in [0.2, 0.25) is 0 Å². The number of nitrogens with one attached hydrogen (secondary N) is 10. The van der Waals surface area contributed by atoms with Crippen LogP contribution in [0.4, 0.5) is 0 Å². The summed E-state index contributed by atoms with van der Waals surface area (Å²) in [4.78, 5) is 185. The van der Waals surface area contributed by atoms with E-state index < -0.39 is 185 Å². The zero-order valence-electron chi connectivity index (χ0n) is 68.9. The van der Waals surface area contributed by atoms with Crippen LogP contribution in [0.15, 0.2) is 159 Å². The molecule has 10 rings (SSSR count). The number of hydrogen-bond acceptors (Lipinski definition) is 25. The summed E-state index contributed by atoms with van der Waals surface area (Å²) in [7, 11) is 1.52. The number of rotatable bonds is 18. The average Bonchev–Trinajstić information content (AvgIpc) is 0.822. The number of esters is 1. The van der Waals surface area contributed by atoms with Crippen molar-refractivity contribution < 1.29 is 92.9 Å². The standard InChI is InChI=1S/C30H33N5O7.C28H38N6O6.C27H36N6O6/c1-17-26(37)21(14-20-10-6-12-31-16-20)34-28(39)24(35-29(40)25-22(36)11-7-13-32-25)18(2)33-27(38)23(42-30(17)41)15-19-8-4-3-5-9-19;1-15(2)12-20-25(37)31-17(4)22(33-27(39)23-21(35)9-7-11-30-23)26(38)32-19(13-18-8-6-10-29-14-18)24(36)16(3)28(40)34(20)5;1-14(2)11-19-25(37)30-16(4)21(33-27(39)22-20(34)8-6-10-29-22)26(38)31-18(12-17-7-5-9-28-13-17)23(35)15(3)24(36)32-19/h3-13,16-18,21,23-24,26,36-37H,14-15H2,1-2H3,(H,33,38)(H,34,39)(H,35,40);6-11,14-17,19-20,22,24,35-36H,12-13H2,1-5H3,(H,31,37)(H,32,38)(H,33,39);5-10,13-16,18-19,21,23,34-35H,11-12H2,1-4H3,(H,30,37)(H,31,38)(H,32,36)(H,33,39)/t17-,18-,21+,23?,24+,26+;16-,17-,19+,20?,22+,24+;15-,16-,18+,19?,21+,23+/m111/s1. The molecule has 3 saturated heterocycles. The van der Waals surface area contributed by atoms with E-state index in [4.69, 9.17) is 4.74 Å². The fraction of sp³-hybridized carbons (Fsp3) is 0.435. The number of carbonyl (C=O) groups is 12. The maximum atomic E-state index is 13.7. The lowest BCUT2D eigenvalue weighted by Crippen LogP contribution is -2.64. The van der Waals surface area contributed by atoms with Crippen molar-refractivity contribution in [2.45, 2.75) is 199 Å². The van der Waals surface area contributed by atoms with Crippen molar-refractivity contribution in [2.75, 3.05) is 7.05 Å². The van der Waals surface area contributed by atoms with Gasteiger partial charge in [0.2, 0.25) is 41.4 Å². The third kappa shape index (κ3) is 26.3. The smallest absolute Gasteiger partial charge is 0.312 e. The molecule has 7 aromatic rings. The molecule has 646 valence electrons. The molecular formula is C85H107N17O19. The van der Waals surface area contributed by atoms with Gasteiger partial charge in [0.05, 0.1) is 72.3 Å². The molecule has 1 aromatic carbocycles. The van der Waals surface area contributed by atoms with E-state index in [1.807, 2.05) is 33.8 Å². The van der Waals surface area contributed by atoms with Gasteiger partial charge >= 0.3 is 5.97 Å². The summed E-state index contributed by atoms with van der Waals surface area (Å²) in [6.45, 7) is 16.7. The quantitative estimate of drug-likeness (QED) is 0.0535. The maximum absolute atomic E-state index is 13.7. The number of pyridine rings is 6. The lowest BCUT2D eigenvalue weighted by molar-refractivity contribution is -0.164. The second kappa shape index (κ2) is 44.2. The van der Waals surface area contributed by atoms with Crippen LogP contribution in [0.3, 0.4) is 0 Å². The molecule has 36 nitrogen and oxygen atoms in total. The third-order valence-electron chi connectivity index (χ3n) is 20.8. The Morgan fingerprint density at radius 2 is 0.760 bits per heavy atom. The van der Waals surface area contributed by atoms with Crippen LogP contribution in [0.25, 0.3) is 0 Å². The van der Waals surface area contributed by atoms with Crippen LogP contribution in [0, 0.1) is 29.6 Å². The number of amides is 11. The Hall–Kier alpha value is -13.0. The highest BCUT2D eigenvalue weighted by molar-refractivity contribution is 6.01. The molecule has 3 fully saturated rings. The van der Waals surface area contributed by atoms with Crippen molar-refractivity contribution in [3.8, 4) is 17.2 Å². The fourth-order valence-electron chi connectivity index (χ4n) is 13.8. The molecule has 0 saturated carbocycles. The molecule has 3 aliphatic heterocycles. The van der Waals surface area contributed by atoms with Crippen LogP contribution in [-0.4, -0.2) is 234 Å². The number of ether oxygens (including phenoxy) is 1. The van der Waals surface area contributed by atoms with E-state index in [0.29, 0.717) is 29.5 Å². The number of cyclic esters (lactones) is 1. The number of likely N-dealkylation sites (N-methyl/N-ethyl adjacent to an activating group) is 1. The summed E-state index contributed by atoms with van der Waals surface area (Å²) in [6.07, 6.45) is 9.21. The number of nitrogens with zero attached hydrogens (tertiary/aromatic N) is 7. The van der Waals surface area contributed by atoms with Gasteiger partial charge in [-0.05, 0) is 148 Å². The van der Waals surface area contributed by atoms with Crippen LogP contribution < -0.4 is 53.2 Å². The van der Waals surface area contributed by atoms with Gasteiger partial charge in [0.25, 0.3) is 23.6 Å². The number of hydrogen-bond donors (Lipinski definition) is 16. The van der Waals surface area contributed by atoms with Crippen molar-refractivity contribution in [2.24, 2.45) is 29.6 Å². The van der Waals surface area contributed by atoms with Crippen molar-refractivity contribution in [1.29, 1.82) is 0 Å². The molecule has 16 N–H and O–H groups in total. The predicted molar refractivity (Wildman–Crippen MR) is 437 cm³/mol. The number of benzene rings is 1. The number of aromatic hydroxyl groups is 3. The molecular weight excluding hydrogens is 1560 g/mol. The van der Waals surface area contributed by atoms with E-state index in [9.17, 15) is 88.2 Å². The molecule has 11 amide bonds. The molecule has 36 heteroatoms. The minimum atomic E-state index is -1.42. The Labute approximate surface area is 699 Å². The first kappa shape index (κ1) is 93.5. The Morgan fingerprint density at radius 3 is 1.13 bits per heavy atom. The maximum Gasteiger partial charge on any atom is 0.312 e. The van der Waals surface area contributed by atoms with Crippen molar-refractivity contribution in [3.05, 3.63) is 198 Å². The third-order valence-corrected chi connectivity index (χ3v) is 20.8. The summed E-state index contributed by atoms with van der Waals surface area (Å²) >= 11 is 0. The average molecular weight is 1670 g/mol. The van der Waals surface area contributed by atoms with Gasteiger partial charge in [-0.3, -0.25) is 72.5 Å². The molecule has 6 aromatic heterocycles. The fourth-order valence-corrected chi connectivity index (χ4v) is 13.8. The molecule has 3 aliphatic rings. The summed E-state index contributed by atoms with van der Waals surface area (Å²) in [5.74, 6) is -12.3. The van der Waals surface area contributed by atoms with E-state index >= 15 is 0 Å². The minimum Gasteiger partial charge on any atom is -0.505 e. The molecule has 0 radical (unpaired) electrons. The highest BCUT2D eigenvalue weighted by atomic mass is 16.5. The molecule has 18 atom stereocenters. The lowest BCUT2D eigenvalue weighted by atomic mass is 9.90. The van der Waals surface area contributed by atoms with Gasteiger partial charge in [-0.2, -0.15) is 0 Å². The van der Waals surface area contributed by atoms with Crippen molar-refractivity contribution in [3.63, 3.8) is 0 Å². The topological polar surface area (TPSA) is 536 Å². The van der Waals surface area contributed by atoms with Gasteiger partial charge in [-0.15, -0.1) is 0 Å².